The number of aryl methyl sites for hydroxylation is 1. The molecule has 0 aliphatic heterocycles. The van der Waals surface area contributed by atoms with Crippen LogP contribution >= 0.6 is 11.3 Å². The zero-order valence-electron chi connectivity index (χ0n) is 9.10. The Morgan fingerprint density at radius 3 is 2.64 bits per heavy atom. The zero-order chi connectivity index (χ0) is 10.0. The normalized spacial score (nSPS) is 20.1. The second kappa shape index (κ2) is 4.03. The summed E-state index contributed by atoms with van der Waals surface area (Å²) in [5, 5.41) is 3.70. The molecule has 1 heterocycles. The van der Waals surface area contributed by atoms with Gasteiger partial charge in [-0.1, -0.05) is 12.8 Å². The molecule has 1 aliphatic carbocycles. The van der Waals surface area contributed by atoms with Crippen LogP contribution in [0.3, 0.4) is 0 Å². The summed E-state index contributed by atoms with van der Waals surface area (Å²) >= 11 is 1.91. The van der Waals surface area contributed by atoms with E-state index in [-0.39, 0.29) is 0 Å². The first-order valence-corrected chi connectivity index (χ1v) is 6.30. The highest BCUT2D eigenvalue weighted by Crippen LogP contribution is 2.29. The van der Waals surface area contributed by atoms with Gasteiger partial charge in [-0.2, -0.15) is 0 Å². The molecule has 2 heteroatoms. The Morgan fingerprint density at radius 1 is 1.36 bits per heavy atom. The van der Waals surface area contributed by atoms with E-state index in [1.54, 1.807) is 0 Å². The fraction of sp³-hybridized carbons (Fsp3) is 0.667. The molecule has 78 valence electrons. The van der Waals surface area contributed by atoms with Crippen molar-refractivity contribution in [3.63, 3.8) is 0 Å². The topological polar surface area (TPSA) is 12.0 Å². The van der Waals surface area contributed by atoms with Gasteiger partial charge in [0.1, 0.15) is 0 Å². The average Bonchev–Trinajstić information content (AvgIpc) is 2.73. The van der Waals surface area contributed by atoms with Gasteiger partial charge in [-0.05, 0) is 38.8 Å². The summed E-state index contributed by atoms with van der Waals surface area (Å²) in [6.07, 6.45) is 5.48. The molecule has 1 nitrogen and oxygen atoms in total. The van der Waals surface area contributed by atoms with Crippen LogP contribution in [-0.4, -0.2) is 5.54 Å². The van der Waals surface area contributed by atoms with Crippen LogP contribution in [0.2, 0.25) is 0 Å². The third kappa shape index (κ3) is 2.37. The first-order chi connectivity index (χ1) is 6.68. The molecule has 0 aromatic carbocycles. The van der Waals surface area contributed by atoms with Crippen LogP contribution in [0.25, 0.3) is 0 Å². The average molecular weight is 209 g/mol. The van der Waals surface area contributed by atoms with Crippen LogP contribution < -0.4 is 5.32 Å². The molecule has 1 saturated carbocycles. The highest BCUT2D eigenvalue weighted by molar-refractivity contribution is 7.11. The predicted octanol–water partition coefficient (Wildman–Crippen LogP) is 3.48. The number of rotatable bonds is 3. The number of hydrogen-bond acceptors (Lipinski definition) is 2. The Kier molecular flexibility index (Phi) is 2.93. The van der Waals surface area contributed by atoms with E-state index in [0.29, 0.717) is 5.54 Å². The molecule has 2 rings (SSSR count). The summed E-state index contributed by atoms with van der Waals surface area (Å²) in [5.74, 6) is 0. The molecule has 0 saturated heterocycles. The van der Waals surface area contributed by atoms with Gasteiger partial charge in [0.15, 0.2) is 0 Å². The third-order valence-electron chi connectivity index (χ3n) is 3.19. The molecule has 0 radical (unpaired) electrons. The Balaban J connectivity index is 1.87. The SMILES string of the molecule is Cc1ccc(CNC2(C)CCCC2)s1. The first kappa shape index (κ1) is 10.2. The highest BCUT2D eigenvalue weighted by Gasteiger charge is 2.27. The molecule has 0 bridgehead atoms. The van der Waals surface area contributed by atoms with E-state index < -0.39 is 0 Å². The minimum atomic E-state index is 0.415. The zero-order valence-corrected chi connectivity index (χ0v) is 9.91. The van der Waals surface area contributed by atoms with E-state index in [4.69, 9.17) is 0 Å². The van der Waals surface area contributed by atoms with Crippen molar-refractivity contribution in [2.24, 2.45) is 0 Å². The molecule has 0 amide bonds. The Morgan fingerprint density at radius 2 is 2.07 bits per heavy atom. The molecule has 1 aromatic rings. The quantitative estimate of drug-likeness (QED) is 0.803. The van der Waals surface area contributed by atoms with Crippen molar-refractivity contribution in [2.75, 3.05) is 0 Å². The minimum Gasteiger partial charge on any atom is -0.307 e. The van der Waals surface area contributed by atoms with Gasteiger partial charge in [0, 0.05) is 21.8 Å². The van der Waals surface area contributed by atoms with Crippen molar-refractivity contribution in [1.29, 1.82) is 0 Å². The Labute approximate surface area is 90.5 Å². The molecule has 1 N–H and O–H groups in total. The molecule has 1 aliphatic rings. The molecule has 0 atom stereocenters. The molecular formula is C12H19NS. The summed E-state index contributed by atoms with van der Waals surface area (Å²) in [6, 6.07) is 4.45. The van der Waals surface area contributed by atoms with Crippen LogP contribution in [0.5, 0.6) is 0 Å². The van der Waals surface area contributed by atoms with Crippen molar-refractivity contribution in [3.05, 3.63) is 21.9 Å². The van der Waals surface area contributed by atoms with E-state index in [2.05, 4.69) is 31.3 Å². The van der Waals surface area contributed by atoms with E-state index >= 15 is 0 Å². The number of thiophene rings is 1. The largest absolute Gasteiger partial charge is 0.307 e. The smallest absolute Gasteiger partial charge is 0.0304 e. The van der Waals surface area contributed by atoms with Crippen molar-refractivity contribution in [3.8, 4) is 0 Å². The fourth-order valence-electron chi connectivity index (χ4n) is 2.21. The maximum absolute atomic E-state index is 3.70. The minimum absolute atomic E-state index is 0.415. The molecule has 1 aromatic heterocycles. The van der Waals surface area contributed by atoms with Gasteiger partial charge < -0.3 is 5.32 Å². The van der Waals surface area contributed by atoms with Crippen LogP contribution in [0.1, 0.15) is 42.4 Å². The maximum atomic E-state index is 3.70. The maximum Gasteiger partial charge on any atom is 0.0304 e. The van der Waals surface area contributed by atoms with Crippen LogP contribution in [0.4, 0.5) is 0 Å². The standard InChI is InChI=1S/C12H19NS/c1-10-5-6-11(14-10)9-13-12(2)7-3-4-8-12/h5-6,13H,3-4,7-9H2,1-2H3. The van der Waals surface area contributed by atoms with E-state index in [1.807, 2.05) is 11.3 Å². The molecular weight excluding hydrogens is 190 g/mol. The van der Waals surface area contributed by atoms with Gasteiger partial charge in [-0.3, -0.25) is 0 Å². The number of nitrogens with one attached hydrogen (secondary N) is 1. The van der Waals surface area contributed by atoms with Gasteiger partial charge in [-0.25, -0.2) is 0 Å². The van der Waals surface area contributed by atoms with Crippen LogP contribution in [0.15, 0.2) is 12.1 Å². The van der Waals surface area contributed by atoms with Crippen LogP contribution in [0, 0.1) is 6.92 Å². The predicted molar refractivity (Wildman–Crippen MR) is 62.8 cm³/mol. The summed E-state index contributed by atoms with van der Waals surface area (Å²) in [5.41, 5.74) is 0.415. The fourth-order valence-corrected chi connectivity index (χ4v) is 3.04. The molecule has 1 fully saturated rings. The lowest BCUT2D eigenvalue weighted by atomic mass is 10.0. The van der Waals surface area contributed by atoms with Crippen molar-refractivity contribution in [1.82, 2.24) is 5.32 Å². The lowest BCUT2D eigenvalue weighted by Gasteiger charge is -2.24. The summed E-state index contributed by atoms with van der Waals surface area (Å²) in [4.78, 5) is 2.88. The molecule has 0 unspecified atom stereocenters. The van der Waals surface area contributed by atoms with E-state index in [0.717, 1.165) is 6.54 Å². The molecule has 0 spiro atoms. The van der Waals surface area contributed by atoms with Gasteiger partial charge in [0.05, 0.1) is 0 Å². The van der Waals surface area contributed by atoms with Crippen LogP contribution in [-0.2, 0) is 6.54 Å². The van der Waals surface area contributed by atoms with Gasteiger partial charge in [-0.15, -0.1) is 11.3 Å². The van der Waals surface area contributed by atoms with Gasteiger partial charge in [0.2, 0.25) is 0 Å². The van der Waals surface area contributed by atoms with Gasteiger partial charge in [0.25, 0.3) is 0 Å². The Bertz CT molecular complexity index is 297. The Hall–Kier alpha value is -0.340. The first-order valence-electron chi connectivity index (χ1n) is 5.48. The lowest BCUT2D eigenvalue weighted by molar-refractivity contribution is 0.364. The molecule has 14 heavy (non-hydrogen) atoms. The van der Waals surface area contributed by atoms with Gasteiger partial charge >= 0.3 is 0 Å². The highest BCUT2D eigenvalue weighted by atomic mass is 32.1. The summed E-state index contributed by atoms with van der Waals surface area (Å²) in [6.45, 7) is 5.58. The second-order valence-corrected chi connectivity index (χ2v) is 6.01. The van der Waals surface area contributed by atoms with E-state index in [9.17, 15) is 0 Å². The monoisotopic (exact) mass is 209 g/mol. The summed E-state index contributed by atoms with van der Waals surface area (Å²) in [7, 11) is 0. The van der Waals surface area contributed by atoms with Crippen molar-refractivity contribution in [2.45, 2.75) is 51.6 Å². The number of hydrogen-bond donors (Lipinski definition) is 1. The van der Waals surface area contributed by atoms with Crippen molar-refractivity contribution < 1.29 is 0 Å². The summed E-state index contributed by atoms with van der Waals surface area (Å²) < 4.78 is 0. The van der Waals surface area contributed by atoms with Crippen molar-refractivity contribution >= 4 is 11.3 Å². The van der Waals surface area contributed by atoms with E-state index in [1.165, 1.54) is 35.4 Å². The lowest BCUT2D eigenvalue weighted by Crippen LogP contribution is -2.38. The second-order valence-electron chi connectivity index (χ2n) is 4.63. The third-order valence-corrected chi connectivity index (χ3v) is 4.19.